The molecule has 0 fully saturated rings. The highest BCUT2D eigenvalue weighted by atomic mass is 32.2. The third-order valence-electron chi connectivity index (χ3n) is 2.70. The predicted octanol–water partition coefficient (Wildman–Crippen LogP) is 1.59. The fourth-order valence-electron chi connectivity index (χ4n) is 1.74. The SMILES string of the molecule is Cc1ccc(C#N)cc1-n1ccc(=O)nc1SCC(=O)O. The second kappa shape index (κ2) is 6.24. The van der Waals surface area contributed by atoms with Gasteiger partial charge >= 0.3 is 5.97 Å². The Morgan fingerprint density at radius 2 is 2.24 bits per heavy atom. The highest BCUT2D eigenvalue weighted by Gasteiger charge is 2.10. The molecule has 21 heavy (non-hydrogen) atoms. The van der Waals surface area contributed by atoms with Crippen molar-refractivity contribution < 1.29 is 9.90 Å². The highest BCUT2D eigenvalue weighted by Crippen LogP contribution is 2.22. The molecule has 0 aliphatic heterocycles. The molecule has 0 amide bonds. The third kappa shape index (κ3) is 3.49. The number of benzene rings is 1. The zero-order valence-electron chi connectivity index (χ0n) is 11.1. The number of thioether (sulfide) groups is 1. The number of aryl methyl sites for hydroxylation is 1. The van der Waals surface area contributed by atoms with Crippen LogP contribution in [-0.4, -0.2) is 26.4 Å². The number of hydrogen-bond donors (Lipinski definition) is 1. The standard InChI is InChI=1S/C14H11N3O3S/c1-9-2-3-10(7-15)6-11(9)17-5-4-12(18)16-14(17)21-8-13(19)20/h2-6H,8H2,1H3,(H,19,20). The maximum Gasteiger partial charge on any atom is 0.313 e. The average Bonchev–Trinajstić information content (AvgIpc) is 2.46. The summed E-state index contributed by atoms with van der Waals surface area (Å²) in [5, 5.41) is 18.0. The summed E-state index contributed by atoms with van der Waals surface area (Å²) in [5.41, 5.74) is 1.61. The van der Waals surface area contributed by atoms with Gasteiger partial charge in [-0.05, 0) is 24.6 Å². The molecule has 0 atom stereocenters. The number of hydrogen-bond acceptors (Lipinski definition) is 5. The van der Waals surface area contributed by atoms with E-state index >= 15 is 0 Å². The van der Waals surface area contributed by atoms with Crippen molar-refractivity contribution in [2.24, 2.45) is 0 Å². The van der Waals surface area contributed by atoms with E-state index in [1.807, 2.05) is 13.0 Å². The Balaban J connectivity index is 2.55. The first kappa shape index (κ1) is 14.8. The summed E-state index contributed by atoms with van der Waals surface area (Å²) in [6.07, 6.45) is 1.53. The molecule has 0 saturated heterocycles. The van der Waals surface area contributed by atoms with Crippen LogP contribution in [0.4, 0.5) is 0 Å². The maximum atomic E-state index is 11.4. The van der Waals surface area contributed by atoms with Crippen molar-refractivity contribution >= 4 is 17.7 Å². The smallest absolute Gasteiger partial charge is 0.313 e. The van der Waals surface area contributed by atoms with Crippen LogP contribution in [0.3, 0.4) is 0 Å². The quantitative estimate of drug-likeness (QED) is 0.680. The molecule has 0 bridgehead atoms. The molecule has 0 spiro atoms. The zero-order valence-corrected chi connectivity index (χ0v) is 11.9. The van der Waals surface area contributed by atoms with Gasteiger partial charge in [-0.3, -0.25) is 14.2 Å². The van der Waals surface area contributed by atoms with Crippen molar-refractivity contribution in [2.45, 2.75) is 12.1 Å². The van der Waals surface area contributed by atoms with E-state index in [1.165, 1.54) is 12.3 Å². The number of carbonyl (C=O) groups is 1. The predicted molar refractivity (Wildman–Crippen MR) is 77.6 cm³/mol. The van der Waals surface area contributed by atoms with Crippen LogP contribution >= 0.6 is 11.8 Å². The summed E-state index contributed by atoms with van der Waals surface area (Å²) in [5.74, 6) is -1.19. The minimum Gasteiger partial charge on any atom is -0.481 e. The van der Waals surface area contributed by atoms with E-state index < -0.39 is 11.5 Å². The monoisotopic (exact) mass is 301 g/mol. The Labute approximate surface area is 124 Å². The topological polar surface area (TPSA) is 96.0 Å². The van der Waals surface area contributed by atoms with E-state index in [0.717, 1.165) is 17.3 Å². The molecule has 6 nitrogen and oxygen atoms in total. The second-order valence-corrected chi connectivity index (χ2v) is 5.16. The summed E-state index contributed by atoms with van der Waals surface area (Å²) in [6, 6.07) is 8.50. The Kier molecular flexibility index (Phi) is 4.40. The van der Waals surface area contributed by atoms with Gasteiger partial charge in [0, 0.05) is 12.3 Å². The van der Waals surface area contributed by atoms with Gasteiger partial charge < -0.3 is 5.11 Å². The van der Waals surface area contributed by atoms with Crippen molar-refractivity contribution in [1.29, 1.82) is 5.26 Å². The molecule has 0 aliphatic rings. The molecule has 2 rings (SSSR count). The largest absolute Gasteiger partial charge is 0.481 e. The Morgan fingerprint density at radius 1 is 1.48 bits per heavy atom. The first-order chi connectivity index (χ1) is 10.0. The molecule has 0 radical (unpaired) electrons. The van der Waals surface area contributed by atoms with Crippen molar-refractivity contribution in [3.8, 4) is 11.8 Å². The van der Waals surface area contributed by atoms with Gasteiger partial charge in [0.15, 0.2) is 5.16 Å². The third-order valence-corrected chi connectivity index (χ3v) is 3.64. The van der Waals surface area contributed by atoms with E-state index in [0.29, 0.717) is 11.3 Å². The number of rotatable bonds is 4. The lowest BCUT2D eigenvalue weighted by atomic mass is 10.1. The zero-order chi connectivity index (χ0) is 15.4. The summed E-state index contributed by atoms with van der Waals surface area (Å²) >= 11 is 0.956. The highest BCUT2D eigenvalue weighted by molar-refractivity contribution is 7.99. The number of nitriles is 1. The number of nitrogens with zero attached hydrogens (tertiary/aromatic N) is 3. The molecule has 0 saturated carbocycles. The molecule has 0 aliphatic carbocycles. The van der Waals surface area contributed by atoms with Crippen LogP contribution in [0.2, 0.25) is 0 Å². The van der Waals surface area contributed by atoms with E-state index in [-0.39, 0.29) is 10.9 Å². The number of aliphatic carboxylic acids is 1. The normalized spacial score (nSPS) is 10.1. The van der Waals surface area contributed by atoms with Gasteiger partial charge in [0.05, 0.1) is 23.1 Å². The van der Waals surface area contributed by atoms with Gasteiger partial charge in [0.1, 0.15) is 0 Å². The lowest BCUT2D eigenvalue weighted by molar-refractivity contribution is -0.133. The van der Waals surface area contributed by atoms with Gasteiger partial charge in [0.25, 0.3) is 5.56 Å². The number of carboxylic acid groups (broad SMARTS) is 1. The summed E-state index contributed by atoms with van der Waals surface area (Å²) < 4.78 is 1.62. The molecule has 2 aromatic rings. The van der Waals surface area contributed by atoms with Gasteiger partial charge in [0.2, 0.25) is 0 Å². The molecule has 1 aromatic heterocycles. The van der Waals surface area contributed by atoms with Crippen LogP contribution in [0, 0.1) is 18.3 Å². The van der Waals surface area contributed by atoms with Crippen LogP contribution in [0.5, 0.6) is 0 Å². The van der Waals surface area contributed by atoms with Gasteiger partial charge in [-0.25, -0.2) is 0 Å². The van der Waals surface area contributed by atoms with Gasteiger partial charge in [-0.2, -0.15) is 10.2 Å². The molecular weight excluding hydrogens is 290 g/mol. The number of aromatic nitrogens is 2. The Morgan fingerprint density at radius 3 is 2.90 bits per heavy atom. The fraction of sp³-hybridized carbons (Fsp3) is 0.143. The van der Waals surface area contributed by atoms with Crippen molar-refractivity contribution in [2.75, 3.05) is 5.75 Å². The summed E-state index contributed by atoms with van der Waals surface area (Å²) in [4.78, 5) is 25.9. The summed E-state index contributed by atoms with van der Waals surface area (Å²) in [6.45, 7) is 1.86. The minimum atomic E-state index is -0.993. The van der Waals surface area contributed by atoms with E-state index in [4.69, 9.17) is 10.4 Å². The average molecular weight is 301 g/mol. The molecule has 1 heterocycles. The van der Waals surface area contributed by atoms with Gasteiger partial charge in [-0.1, -0.05) is 17.8 Å². The van der Waals surface area contributed by atoms with Crippen molar-refractivity contribution in [1.82, 2.24) is 9.55 Å². The van der Waals surface area contributed by atoms with E-state index in [9.17, 15) is 9.59 Å². The van der Waals surface area contributed by atoms with Crippen molar-refractivity contribution in [3.63, 3.8) is 0 Å². The molecular formula is C14H11N3O3S. The lowest BCUT2D eigenvalue weighted by Gasteiger charge is -2.13. The first-order valence-electron chi connectivity index (χ1n) is 5.96. The van der Waals surface area contributed by atoms with E-state index in [1.54, 1.807) is 22.8 Å². The van der Waals surface area contributed by atoms with Crippen LogP contribution < -0.4 is 5.56 Å². The van der Waals surface area contributed by atoms with Crippen molar-refractivity contribution in [3.05, 3.63) is 51.9 Å². The van der Waals surface area contributed by atoms with Gasteiger partial charge in [-0.15, -0.1) is 0 Å². The Bertz CT molecular complexity index is 793. The molecule has 106 valence electrons. The maximum absolute atomic E-state index is 11.4. The molecule has 1 aromatic carbocycles. The molecule has 0 unspecified atom stereocenters. The first-order valence-corrected chi connectivity index (χ1v) is 6.95. The second-order valence-electron chi connectivity index (χ2n) is 4.21. The molecule has 1 N–H and O–H groups in total. The van der Waals surface area contributed by atoms with Crippen LogP contribution in [0.25, 0.3) is 5.69 Å². The van der Waals surface area contributed by atoms with E-state index in [2.05, 4.69) is 4.98 Å². The van der Waals surface area contributed by atoms with Crippen LogP contribution in [-0.2, 0) is 4.79 Å². The Hall–Kier alpha value is -2.59. The summed E-state index contributed by atoms with van der Waals surface area (Å²) in [7, 11) is 0. The number of carboxylic acids is 1. The fourth-order valence-corrected chi connectivity index (χ4v) is 2.44. The minimum absolute atomic E-state index is 0.201. The molecule has 7 heteroatoms. The lowest BCUT2D eigenvalue weighted by Crippen LogP contribution is -2.14. The van der Waals surface area contributed by atoms with Crippen LogP contribution in [0.1, 0.15) is 11.1 Å². The van der Waals surface area contributed by atoms with Crippen LogP contribution in [0.15, 0.2) is 40.4 Å².